The summed E-state index contributed by atoms with van der Waals surface area (Å²) >= 11 is 5.95. The second-order valence-electron chi connectivity index (χ2n) is 5.28. The van der Waals surface area contributed by atoms with E-state index in [1.165, 1.54) is 24.3 Å². The fourth-order valence-electron chi connectivity index (χ4n) is 2.51. The Labute approximate surface area is 138 Å². The maximum absolute atomic E-state index is 14.2. The van der Waals surface area contributed by atoms with Gasteiger partial charge in [0.1, 0.15) is 0 Å². The van der Waals surface area contributed by atoms with Crippen LogP contribution in [0, 0.1) is 11.6 Å². The second kappa shape index (κ2) is 7.25. The minimum absolute atomic E-state index is 0.0197. The topological polar surface area (TPSA) is 30.5 Å². The van der Waals surface area contributed by atoms with E-state index < -0.39 is 11.6 Å². The third-order valence-electron chi connectivity index (χ3n) is 3.62. The lowest BCUT2D eigenvalue weighted by atomic mass is 10.1. The van der Waals surface area contributed by atoms with Gasteiger partial charge in [0, 0.05) is 25.1 Å². The van der Waals surface area contributed by atoms with E-state index in [0.29, 0.717) is 25.1 Å². The summed E-state index contributed by atoms with van der Waals surface area (Å²) in [5.41, 5.74) is 0.609. The zero-order valence-electron chi connectivity index (χ0n) is 12.3. The number of rotatable bonds is 4. The number of morpholine rings is 1. The number of para-hydroxylation sites is 2. The molecule has 0 radical (unpaired) electrons. The first-order chi connectivity index (χ1) is 11.1. The van der Waals surface area contributed by atoms with E-state index in [0.717, 1.165) is 6.54 Å². The highest BCUT2D eigenvalue weighted by Gasteiger charge is 2.20. The fourth-order valence-corrected chi connectivity index (χ4v) is 2.71. The molecule has 6 heteroatoms. The number of halogens is 3. The summed E-state index contributed by atoms with van der Waals surface area (Å²) in [6.45, 7) is 2.08. The van der Waals surface area contributed by atoms with Crippen LogP contribution in [0.1, 0.15) is 5.56 Å². The number of ether oxygens (including phenoxy) is 2. The molecular weight excluding hydrogens is 324 g/mol. The summed E-state index contributed by atoms with van der Waals surface area (Å²) in [7, 11) is 0. The predicted octanol–water partition coefficient (Wildman–Crippen LogP) is 3.94. The molecule has 0 unspecified atom stereocenters. The molecule has 0 aromatic heterocycles. The molecule has 122 valence electrons. The summed E-state index contributed by atoms with van der Waals surface area (Å²) in [5.74, 6) is -1.40. The zero-order valence-corrected chi connectivity index (χ0v) is 13.1. The molecule has 0 bridgehead atoms. The summed E-state index contributed by atoms with van der Waals surface area (Å²) in [4.78, 5) is 0. The molecule has 23 heavy (non-hydrogen) atoms. The average molecular weight is 340 g/mol. The molecule has 1 saturated heterocycles. The molecule has 0 aliphatic carbocycles. The Morgan fingerprint density at radius 2 is 1.87 bits per heavy atom. The van der Waals surface area contributed by atoms with E-state index in [-0.39, 0.29) is 22.6 Å². The normalized spacial score (nSPS) is 18.0. The molecule has 1 aliphatic rings. The van der Waals surface area contributed by atoms with Crippen LogP contribution >= 0.6 is 11.6 Å². The second-order valence-corrected chi connectivity index (χ2v) is 5.69. The van der Waals surface area contributed by atoms with Crippen LogP contribution in [-0.4, -0.2) is 25.8 Å². The van der Waals surface area contributed by atoms with Gasteiger partial charge in [-0.25, -0.2) is 8.78 Å². The van der Waals surface area contributed by atoms with E-state index >= 15 is 0 Å². The van der Waals surface area contributed by atoms with Gasteiger partial charge in [0.25, 0.3) is 0 Å². The standard InChI is InChI=1S/C17H16ClF2NO2/c18-13-4-2-6-15(20)17(13)23-16-11(3-1-5-14(16)19)9-12-10-21-7-8-22-12/h1-6,12,21H,7-10H2/t12-/m0/s1. The van der Waals surface area contributed by atoms with Crippen LogP contribution in [0.5, 0.6) is 11.5 Å². The minimum atomic E-state index is -0.637. The first kappa shape index (κ1) is 16.2. The number of nitrogens with one attached hydrogen (secondary N) is 1. The van der Waals surface area contributed by atoms with Gasteiger partial charge in [-0.3, -0.25) is 0 Å². The Balaban J connectivity index is 1.89. The van der Waals surface area contributed by atoms with Crippen LogP contribution in [0.3, 0.4) is 0 Å². The molecule has 0 amide bonds. The number of hydrogen-bond acceptors (Lipinski definition) is 3. The highest BCUT2D eigenvalue weighted by atomic mass is 35.5. The molecule has 1 aliphatic heterocycles. The lowest BCUT2D eigenvalue weighted by Gasteiger charge is -2.24. The molecule has 2 aromatic carbocycles. The van der Waals surface area contributed by atoms with E-state index in [9.17, 15) is 8.78 Å². The third-order valence-corrected chi connectivity index (χ3v) is 3.92. The van der Waals surface area contributed by atoms with Crippen LogP contribution in [0.15, 0.2) is 36.4 Å². The molecule has 3 rings (SSSR count). The zero-order chi connectivity index (χ0) is 16.2. The average Bonchev–Trinajstić information content (AvgIpc) is 2.54. The highest BCUT2D eigenvalue weighted by Crippen LogP contribution is 2.35. The molecule has 3 nitrogen and oxygen atoms in total. The molecule has 1 fully saturated rings. The van der Waals surface area contributed by atoms with Gasteiger partial charge in [0.2, 0.25) is 0 Å². The van der Waals surface area contributed by atoms with Crippen LogP contribution in [0.4, 0.5) is 8.78 Å². The minimum Gasteiger partial charge on any atom is -0.449 e. The first-order valence-electron chi connectivity index (χ1n) is 7.36. The van der Waals surface area contributed by atoms with Crippen molar-refractivity contribution in [2.75, 3.05) is 19.7 Å². The molecule has 1 atom stereocenters. The van der Waals surface area contributed by atoms with Crippen molar-refractivity contribution in [1.82, 2.24) is 5.32 Å². The quantitative estimate of drug-likeness (QED) is 0.915. The van der Waals surface area contributed by atoms with Gasteiger partial charge in [-0.05, 0) is 18.2 Å². The van der Waals surface area contributed by atoms with Gasteiger partial charge in [-0.15, -0.1) is 0 Å². The Morgan fingerprint density at radius 1 is 1.13 bits per heavy atom. The number of hydrogen-bond donors (Lipinski definition) is 1. The SMILES string of the molecule is Fc1cccc(Cl)c1Oc1c(F)cccc1C[C@H]1CNCCO1. The summed E-state index contributed by atoms with van der Waals surface area (Å²) in [5, 5.41) is 3.31. The van der Waals surface area contributed by atoms with Crippen LogP contribution in [0.2, 0.25) is 5.02 Å². The van der Waals surface area contributed by atoms with Crippen molar-refractivity contribution in [1.29, 1.82) is 0 Å². The first-order valence-corrected chi connectivity index (χ1v) is 7.74. The Hall–Kier alpha value is -1.69. The van der Waals surface area contributed by atoms with Crippen molar-refractivity contribution in [2.45, 2.75) is 12.5 Å². The van der Waals surface area contributed by atoms with Crippen molar-refractivity contribution in [3.8, 4) is 11.5 Å². The van der Waals surface area contributed by atoms with Crippen molar-refractivity contribution in [3.63, 3.8) is 0 Å². The molecule has 1 N–H and O–H groups in total. The summed E-state index contributed by atoms with van der Waals surface area (Å²) in [6, 6.07) is 8.79. The van der Waals surface area contributed by atoms with Crippen molar-refractivity contribution in [2.24, 2.45) is 0 Å². The van der Waals surface area contributed by atoms with Gasteiger partial charge >= 0.3 is 0 Å². The lowest BCUT2D eigenvalue weighted by Crippen LogP contribution is -2.39. The molecule has 0 spiro atoms. The fraction of sp³-hybridized carbons (Fsp3) is 0.294. The van der Waals surface area contributed by atoms with Crippen LogP contribution < -0.4 is 10.1 Å². The van der Waals surface area contributed by atoms with Gasteiger partial charge in [-0.1, -0.05) is 29.8 Å². The third kappa shape index (κ3) is 3.80. The Morgan fingerprint density at radius 3 is 2.57 bits per heavy atom. The van der Waals surface area contributed by atoms with Gasteiger partial charge in [0.05, 0.1) is 17.7 Å². The van der Waals surface area contributed by atoms with Gasteiger partial charge in [-0.2, -0.15) is 0 Å². The van der Waals surface area contributed by atoms with Crippen molar-refractivity contribution < 1.29 is 18.3 Å². The maximum atomic E-state index is 14.2. The van der Waals surface area contributed by atoms with E-state index in [1.807, 2.05) is 0 Å². The molecular formula is C17H16ClF2NO2. The largest absolute Gasteiger partial charge is 0.449 e. The monoisotopic (exact) mass is 339 g/mol. The molecule has 2 aromatic rings. The lowest BCUT2D eigenvalue weighted by molar-refractivity contribution is 0.0289. The Kier molecular flexibility index (Phi) is 5.10. The van der Waals surface area contributed by atoms with Gasteiger partial charge in [0.15, 0.2) is 23.1 Å². The number of benzene rings is 2. The van der Waals surface area contributed by atoms with Gasteiger partial charge < -0.3 is 14.8 Å². The smallest absolute Gasteiger partial charge is 0.181 e. The predicted molar refractivity (Wildman–Crippen MR) is 84.2 cm³/mol. The van der Waals surface area contributed by atoms with Crippen LogP contribution in [-0.2, 0) is 11.2 Å². The van der Waals surface area contributed by atoms with Crippen molar-refractivity contribution in [3.05, 3.63) is 58.6 Å². The summed E-state index contributed by atoms with van der Waals surface area (Å²) in [6.07, 6.45) is 0.385. The maximum Gasteiger partial charge on any atom is 0.181 e. The van der Waals surface area contributed by atoms with Crippen LogP contribution in [0.25, 0.3) is 0 Å². The van der Waals surface area contributed by atoms with E-state index in [1.54, 1.807) is 12.1 Å². The molecule has 1 heterocycles. The highest BCUT2D eigenvalue weighted by molar-refractivity contribution is 6.32. The van der Waals surface area contributed by atoms with Crippen molar-refractivity contribution >= 4 is 11.6 Å². The van der Waals surface area contributed by atoms with E-state index in [4.69, 9.17) is 21.1 Å². The Bertz CT molecular complexity index is 670. The summed E-state index contributed by atoms with van der Waals surface area (Å²) < 4.78 is 39.2. The molecule has 0 saturated carbocycles. The van der Waals surface area contributed by atoms with E-state index in [2.05, 4.69) is 5.32 Å².